The second kappa shape index (κ2) is 8.82. The first-order valence-corrected chi connectivity index (χ1v) is 9.25. The van der Waals surface area contributed by atoms with E-state index in [4.69, 9.17) is 32.7 Å². The number of benzene rings is 1. The highest BCUT2D eigenvalue weighted by atomic mass is 35.5. The lowest BCUT2D eigenvalue weighted by Crippen LogP contribution is -2.51. The molecule has 8 heteroatoms. The molecule has 1 aliphatic heterocycles. The molecule has 26 heavy (non-hydrogen) atoms. The lowest BCUT2D eigenvalue weighted by molar-refractivity contribution is -0.124. The third-order valence-corrected chi connectivity index (χ3v) is 4.44. The van der Waals surface area contributed by atoms with Crippen LogP contribution in [0, 0.1) is 0 Å². The van der Waals surface area contributed by atoms with Crippen molar-refractivity contribution in [1.82, 2.24) is 10.2 Å². The molecule has 1 fully saturated rings. The Morgan fingerprint density at radius 3 is 2.65 bits per heavy atom. The fraction of sp³-hybridized carbons (Fsp3) is 0.556. The van der Waals surface area contributed by atoms with Crippen LogP contribution in [0.25, 0.3) is 0 Å². The number of piperidine rings is 1. The summed E-state index contributed by atoms with van der Waals surface area (Å²) >= 11 is 11.8. The maximum atomic E-state index is 12.2. The molecule has 0 saturated carbocycles. The van der Waals surface area contributed by atoms with Crippen molar-refractivity contribution in [1.29, 1.82) is 0 Å². The second-order valence-electron chi connectivity index (χ2n) is 7.20. The van der Waals surface area contributed by atoms with Gasteiger partial charge in [0.2, 0.25) is 0 Å². The zero-order chi connectivity index (χ0) is 19.3. The molecule has 144 valence electrons. The van der Waals surface area contributed by atoms with E-state index in [9.17, 15) is 9.59 Å². The van der Waals surface area contributed by atoms with Gasteiger partial charge in [-0.3, -0.25) is 4.79 Å². The first-order chi connectivity index (χ1) is 12.1. The van der Waals surface area contributed by atoms with E-state index in [2.05, 4.69) is 5.32 Å². The molecule has 6 nitrogen and oxygen atoms in total. The number of carbonyl (C=O) groups excluding carboxylic acids is 2. The number of hydrogen-bond acceptors (Lipinski definition) is 4. The summed E-state index contributed by atoms with van der Waals surface area (Å²) in [4.78, 5) is 25.9. The van der Waals surface area contributed by atoms with Gasteiger partial charge in [0, 0.05) is 25.2 Å². The molecule has 2 rings (SSSR count). The highest BCUT2D eigenvalue weighted by Crippen LogP contribution is 2.26. The Morgan fingerprint density at radius 1 is 1.27 bits per heavy atom. The van der Waals surface area contributed by atoms with Crippen LogP contribution >= 0.6 is 23.2 Å². The SMILES string of the molecule is CC(C)(C)OC(=O)N1CCC[C@H](NC(=O)COc2ccc(Cl)c(Cl)c2)C1. The van der Waals surface area contributed by atoms with Crippen LogP contribution in [-0.4, -0.2) is 48.2 Å². The molecule has 1 heterocycles. The number of amides is 2. The van der Waals surface area contributed by atoms with Crippen LogP contribution in [0.1, 0.15) is 33.6 Å². The standard InChI is InChI=1S/C18H24Cl2N2O4/c1-18(2,3)26-17(24)22-8-4-5-12(10-22)21-16(23)11-25-13-6-7-14(19)15(20)9-13/h6-7,9,12H,4-5,8,10-11H2,1-3H3,(H,21,23)/t12-/m0/s1. The van der Waals surface area contributed by atoms with E-state index in [1.54, 1.807) is 23.1 Å². The van der Waals surface area contributed by atoms with Crippen molar-refractivity contribution in [2.24, 2.45) is 0 Å². The molecule has 0 aromatic heterocycles. The van der Waals surface area contributed by atoms with E-state index in [0.29, 0.717) is 28.9 Å². The van der Waals surface area contributed by atoms with Crippen molar-refractivity contribution >= 4 is 35.2 Å². The van der Waals surface area contributed by atoms with Crippen LogP contribution < -0.4 is 10.1 Å². The van der Waals surface area contributed by atoms with Gasteiger partial charge in [0.15, 0.2) is 6.61 Å². The second-order valence-corrected chi connectivity index (χ2v) is 8.01. The van der Waals surface area contributed by atoms with E-state index in [-0.39, 0.29) is 24.6 Å². The average molecular weight is 403 g/mol. The largest absolute Gasteiger partial charge is 0.484 e. The molecule has 1 aromatic rings. The minimum absolute atomic E-state index is 0.124. The van der Waals surface area contributed by atoms with E-state index >= 15 is 0 Å². The van der Waals surface area contributed by atoms with Gasteiger partial charge in [0.25, 0.3) is 5.91 Å². The number of halogens is 2. The summed E-state index contributed by atoms with van der Waals surface area (Å²) in [7, 11) is 0. The number of hydrogen-bond donors (Lipinski definition) is 1. The minimum atomic E-state index is -0.541. The molecule has 0 unspecified atom stereocenters. The Balaban J connectivity index is 1.80. The summed E-state index contributed by atoms with van der Waals surface area (Å²) in [6.07, 6.45) is 1.25. The van der Waals surface area contributed by atoms with Crippen LogP contribution in [0.2, 0.25) is 10.0 Å². The first-order valence-electron chi connectivity index (χ1n) is 8.49. The molecule has 0 radical (unpaired) electrons. The van der Waals surface area contributed by atoms with Gasteiger partial charge in [-0.2, -0.15) is 0 Å². The first kappa shape index (κ1) is 20.6. The van der Waals surface area contributed by atoms with E-state index in [1.165, 1.54) is 0 Å². The number of likely N-dealkylation sites (tertiary alicyclic amines) is 1. The normalized spacial score (nSPS) is 17.6. The van der Waals surface area contributed by atoms with Gasteiger partial charge in [-0.15, -0.1) is 0 Å². The topological polar surface area (TPSA) is 67.9 Å². The molecule has 0 bridgehead atoms. The average Bonchev–Trinajstić information content (AvgIpc) is 2.54. The zero-order valence-electron chi connectivity index (χ0n) is 15.2. The van der Waals surface area contributed by atoms with Crippen molar-refractivity contribution in [3.8, 4) is 5.75 Å². The Hall–Kier alpha value is -1.66. The molecule has 0 spiro atoms. The van der Waals surface area contributed by atoms with Crippen LogP contribution in [0.15, 0.2) is 18.2 Å². The van der Waals surface area contributed by atoms with Gasteiger partial charge >= 0.3 is 6.09 Å². The number of ether oxygens (including phenoxy) is 2. The summed E-state index contributed by atoms with van der Waals surface area (Å²) in [5.41, 5.74) is -0.541. The molecule has 0 aliphatic carbocycles. The van der Waals surface area contributed by atoms with Crippen LogP contribution in [-0.2, 0) is 9.53 Å². The highest BCUT2D eigenvalue weighted by Gasteiger charge is 2.28. The Kier molecular flexibility index (Phi) is 7.01. The fourth-order valence-corrected chi connectivity index (χ4v) is 2.86. The predicted octanol–water partition coefficient (Wildman–Crippen LogP) is 3.89. The van der Waals surface area contributed by atoms with Crippen molar-refractivity contribution in [3.63, 3.8) is 0 Å². The van der Waals surface area contributed by atoms with Gasteiger partial charge in [0.05, 0.1) is 10.0 Å². The van der Waals surface area contributed by atoms with Crippen LogP contribution in [0.3, 0.4) is 0 Å². The van der Waals surface area contributed by atoms with Gasteiger partial charge in [-0.05, 0) is 45.7 Å². The minimum Gasteiger partial charge on any atom is -0.484 e. The highest BCUT2D eigenvalue weighted by molar-refractivity contribution is 6.42. The van der Waals surface area contributed by atoms with Gasteiger partial charge in [-0.1, -0.05) is 23.2 Å². The molecule has 1 aromatic carbocycles. The van der Waals surface area contributed by atoms with Crippen molar-refractivity contribution < 1.29 is 19.1 Å². The maximum absolute atomic E-state index is 12.2. The summed E-state index contributed by atoms with van der Waals surface area (Å²) in [6, 6.07) is 4.69. The Morgan fingerprint density at radius 2 is 2.00 bits per heavy atom. The van der Waals surface area contributed by atoms with Gasteiger partial charge < -0.3 is 19.7 Å². The van der Waals surface area contributed by atoms with Crippen molar-refractivity contribution in [2.45, 2.75) is 45.3 Å². The molecule has 1 saturated heterocycles. The molecule has 1 atom stereocenters. The predicted molar refractivity (Wildman–Crippen MR) is 101 cm³/mol. The summed E-state index contributed by atoms with van der Waals surface area (Å²) in [5.74, 6) is 0.209. The fourth-order valence-electron chi connectivity index (χ4n) is 2.57. The number of carbonyl (C=O) groups is 2. The van der Waals surface area contributed by atoms with Crippen LogP contribution in [0.5, 0.6) is 5.75 Å². The lowest BCUT2D eigenvalue weighted by atomic mass is 10.1. The molecule has 1 N–H and O–H groups in total. The Bertz CT molecular complexity index is 661. The quantitative estimate of drug-likeness (QED) is 0.829. The molecule has 1 aliphatic rings. The number of nitrogens with zero attached hydrogens (tertiary/aromatic N) is 1. The number of rotatable bonds is 4. The molecular weight excluding hydrogens is 379 g/mol. The Labute approximate surface area is 163 Å². The van der Waals surface area contributed by atoms with E-state index in [0.717, 1.165) is 12.8 Å². The van der Waals surface area contributed by atoms with Crippen LogP contribution in [0.4, 0.5) is 4.79 Å². The molecular formula is C18H24Cl2N2O4. The van der Waals surface area contributed by atoms with Gasteiger partial charge in [0.1, 0.15) is 11.4 Å². The van der Waals surface area contributed by atoms with Crippen molar-refractivity contribution in [2.75, 3.05) is 19.7 Å². The lowest BCUT2D eigenvalue weighted by Gasteiger charge is -2.34. The van der Waals surface area contributed by atoms with Crippen molar-refractivity contribution in [3.05, 3.63) is 28.2 Å². The summed E-state index contributed by atoms with van der Waals surface area (Å²) in [5, 5.41) is 3.68. The smallest absolute Gasteiger partial charge is 0.410 e. The number of nitrogens with one attached hydrogen (secondary N) is 1. The monoisotopic (exact) mass is 402 g/mol. The van der Waals surface area contributed by atoms with E-state index in [1.807, 2.05) is 20.8 Å². The maximum Gasteiger partial charge on any atom is 0.410 e. The zero-order valence-corrected chi connectivity index (χ0v) is 16.7. The van der Waals surface area contributed by atoms with E-state index < -0.39 is 5.60 Å². The molecule has 2 amide bonds. The summed E-state index contributed by atoms with van der Waals surface area (Å²) in [6.45, 7) is 6.40. The third kappa shape index (κ3) is 6.57. The summed E-state index contributed by atoms with van der Waals surface area (Å²) < 4.78 is 10.8. The third-order valence-electron chi connectivity index (χ3n) is 3.70. The van der Waals surface area contributed by atoms with Gasteiger partial charge in [-0.25, -0.2) is 4.79 Å².